The molecule has 8 heteroatoms. The van der Waals surface area contributed by atoms with Gasteiger partial charge in [-0.25, -0.2) is 17.9 Å². The number of sulfonamides is 1. The Hall–Kier alpha value is -2.29. The number of amides is 1. The molecule has 26 heavy (non-hydrogen) atoms. The predicted molar refractivity (Wildman–Crippen MR) is 96.2 cm³/mol. The fraction of sp³-hybridized carbons (Fsp3) is 0.278. The van der Waals surface area contributed by atoms with E-state index in [4.69, 9.17) is 5.14 Å². The molecule has 0 aliphatic carbocycles. The summed E-state index contributed by atoms with van der Waals surface area (Å²) in [6.45, 7) is 2.57. The van der Waals surface area contributed by atoms with Crippen LogP contribution in [-0.2, 0) is 21.4 Å². The topological polar surface area (TPSA) is 93.7 Å². The second kappa shape index (κ2) is 8.39. The van der Waals surface area contributed by atoms with Crippen LogP contribution >= 0.6 is 0 Å². The number of hydrogen-bond donors (Lipinski definition) is 3. The highest BCUT2D eigenvalue weighted by atomic mass is 32.2. The van der Waals surface area contributed by atoms with Gasteiger partial charge in [0.1, 0.15) is 12.4 Å². The summed E-state index contributed by atoms with van der Waals surface area (Å²) in [6, 6.07) is 12.1. The van der Waals surface area contributed by atoms with E-state index >= 15 is 0 Å². The normalized spacial score (nSPS) is 13.8. The van der Waals surface area contributed by atoms with Crippen LogP contribution in [0.3, 0.4) is 0 Å². The van der Waals surface area contributed by atoms with E-state index in [2.05, 4.69) is 5.32 Å². The summed E-state index contributed by atoms with van der Waals surface area (Å²) in [7, 11) is -1.88. The van der Waals surface area contributed by atoms with Crippen LogP contribution < -0.4 is 15.4 Å². The zero-order valence-corrected chi connectivity index (χ0v) is 15.5. The minimum atomic E-state index is -3.73. The van der Waals surface area contributed by atoms with Gasteiger partial charge in [-0.1, -0.05) is 24.3 Å². The average molecular weight is 380 g/mol. The third-order valence-corrected chi connectivity index (χ3v) is 4.87. The van der Waals surface area contributed by atoms with Crippen molar-refractivity contribution in [3.8, 4) is 0 Å². The Labute approximate surface area is 152 Å². The molecule has 2 aromatic carbocycles. The van der Waals surface area contributed by atoms with Gasteiger partial charge in [-0.05, 0) is 36.8 Å². The Balaban J connectivity index is 1.90. The van der Waals surface area contributed by atoms with Gasteiger partial charge in [-0.15, -0.1) is 0 Å². The minimum absolute atomic E-state index is 0.0269. The molecule has 0 spiro atoms. The zero-order chi connectivity index (χ0) is 19.3. The lowest BCUT2D eigenvalue weighted by Gasteiger charge is -2.17. The third-order valence-electron chi connectivity index (χ3n) is 3.94. The van der Waals surface area contributed by atoms with Crippen LogP contribution in [0.15, 0.2) is 53.4 Å². The number of carbonyl (C=O) groups is 1. The van der Waals surface area contributed by atoms with Crippen molar-refractivity contribution in [1.29, 1.82) is 0 Å². The molecule has 4 N–H and O–H groups in total. The first-order valence-electron chi connectivity index (χ1n) is 8.13. The summed E-state index contributed by atoms with van der Waals surface area (Å²) < 4.78 is 35.7. The van der Waals surface area contributed by atoms with Crippen LogP contribution in [0.5, 0.6) is 0 Å². The van der Waals surface area contributed by atoms with E-state index in [1.165, 1.54) is 24.3 Å². The summed E-state index contributed by atoms with van der Waals surface area (Å²) in [4.78, 5) is 13.1. The fourth-order valence-corrected chi connectivity index (χ4v) is 3.17. The lowest BCUT2D eigenvalue weighted by Crippen LogP contribution is -3.08. The Morgan fingerprint density at radius 2 is 1.88 bits per heavy atom. The molecule has 1 amide bonds. The van der Waals surface area contributed by atoms with E-state index in [9.17, 15) is 17.6 Å². The maximum absolute atomic E-state index is 13.2. The zero-order valence-electron chi connectivity index (χ0n) is 14.7. The van der Waals surface area contributed by atoms with Crippen LogP contribution in [-0.4, -0.2) is 27.9 Å². The third kappa shape index (κ3) is 5.91. The molecule has 2 aromatic rings. The fourth-order valence-electron chi connectivity index (χ4n) is 2.65. The highest BCUT2D eigenvalue weighted by molar-refractivity contribution is 7.89. The van der Waals surface area contributed by atoms with Gasteiger partial charge >= 0.3 is 0 Å². The highest BCUT2D eigenvalue weighted by Gasteiger charge is 2.15. The van der Waals surface area contributed by atoms with Crippen LogP contribution in [0.4, 0.5) is 4.39 Å². The van der Waals surface area contributed by atoms with Crippen molar-refractivity contribution in [3.63, 3.8) is 0 Å². The first-order chi connectivity index (χ1) is 12.1. The first kappa shape index (κ1) is 20.0. The monoisotopic (exact) mass is 380 g/mol. The molecule has 2 atom stereocenters. The van der Waals surface area contributed by atoms with Crippen molar-refractivity contribution >= 4 is 15.9 Å². The summed E-state index contributed by atoms with van der Waals surface area (Å²) in [6.07, 6.45) is 0. The van der Waals surface area contributed by atoms with Gasteiger partial charge in [0.25, 0.3) is 5.91 Å². The van der Waals surface area contributed by atoms with E-state index in [1.807, 2.05) is 20.0 Å². The summed E-state index contributed by atoms with van der Waals surface area (Å²) in [5.74, 6) is -0.446. The molecular formula is C18H23FN3O3S+. The molecule has 140 valence electrons. The van der Waals surface area contributed by atoms with Crippen molar-refractivity contribution in [2.24, 2.45) is 5.14 Å². The van der Waals surface area contributed by atoms with E-state index in [0.717, 1.165) is 16.0 Å². The molecule has 2 rings (SSSR count). The lowest BCUT2D eigenvalue weighted by atomic mass is 10.1. The standard InChI is InChI=1S/C18H22FN3O3S/c1-13(15-6-8-17(9-7-15)26(20,24)25)21-18(23)12-22(2)11-14-4-3-5-16(19)10-14/h3-10,13H,11-12H2,1-2H3,(H,21,23)(H2,20,24,25)/p+1/t13-/m0/s1. The summed E-state index contributed by atoms with van der Waals surface area (Å²) in [5, 5.41) is 7.94. The number of nitrogens with two attached hydrogens (primary N) is 1. The predicted octanol–water partition coefficient (Wildman–Crippen LogP) is 0.365. The summed E-state index contributed by atoms with van der Waals surface area (Å²) in [5.41, 5.74) is 1.59. The number of rotatable bonds is 7. The van der Waals surface area contributed by atoms with E-state index < -0.39 is 10.0 Å². The van der Waals surface area contributed by atoms with Crippen LogP contribution in [0.25, 0.3) is 0 Å². The Morgan fingerprint density at radius 1 is 1.23 bits per heavy atom. The lowest BCUT2D eigenvalue weighted by molar-refractivity contribution is -0.885. The van der Waals surface area contributed by atoms with Gasteiger partial charge in [0.2, 0.25) is 10.0 Å². The number of quaternary nitrogens is 1. The van der Waals surface area contributed by atoms with E-state index in [-0.39, 0.29) is 29.2 Å². The van der Waals surface area contributed by atoms with Gasteiger partial charge in [-0.2, -0.15) is 0 Å². The summed E-state index contributed by atoms with van der Waals surface area (Å²) >= 11 is 0. The van der Waals surface area contributed by atoms with Crippen molar-refractivity contribution < 1.29 is 22.5 Å². The largest absolute Gasteiger partial charge is 0.345 e. The minimum Gasteiger partial charge on any atom is -0.345 e. The highest BCUT2D eigenvalue weighted by Crippen LogP contribution is 2.15. The molecule has 0 aromatic heterocycles. The molecule has 0 bridgehead atoms. The Morgan fingerprint density at radius 3 is 2.46 bits per heavy atom. The molecule has 0 aliphatic rings. The Kier molecular flexibility index (Phi) is 6.47. The second-order valence-electron chi connectivity index (χ2n) is 6.34. The molecule has 0 fully saturated rings. The van der Waals surface area contributed by atoms with Gasteiger partial charge in [0, 0.05) is 5.56 Å². The van der Waals surface area contributed by atoms with Crippen molar-refractivity contribution in [3.05, 3.63) is 65.5 Å². The Bertz CT molecular complexity index is 870. The SMILES string of the molecule is C[C@H](NC(=O)C[NH+](C)Cc1cccc(F)c1)c1ccc(S(N)(=O)=O)cc1. The van der Waals surface area contributed by atoms with Crippen LogP contribution in [0.1, 0.15) is 24.1 Å². The molecule has 0 aliphatic heterocycles. The average Bonchev–Trinajstić information content (AvgIpc) is 2.53. The van der Waals surface area contributed by atoms with E-state index in [1.54, 1.807) is 18.2 Å². The van der Waals surface area contributed by atoms with Gasteiger partial charge in [-0.3, -0.25) is 4.79 Å². The second-order valence-corrected chi connectivity index (χ2v) is 7.91. The molecule has 6 nitrogen and oxygen atoms in total. The molecule has 0 radical (unpaired) electrons. The molecule has 0 saturated heterocycles. The van der Waals surface area contributed by atoms with Crippen molar-refractivity contribution in [2.75, 3.05) is 13.6 Å². The van der Waals surface area contributed by atoms with Gasteiger partial charge < -0.3 is 10.2 Å². The smallest absolute Gasteiger partial charge is 0.275 e. The number of benzene rings is 2. The molecule has 0 saturated carbocycles. The van der Waals surface area contributed by atoms with Crippen LogP contribution in [0.2, 0.25) is 0 Å². The van der Waals surface area contributed by atoms with Crippen molar-refractivity contribution in [1.82, 2.24) is 5.32 Å². The molecule has 0 heterocycles. The number of likely N-dealkylation sites (N-methyl/N-ethyl adjacent to an activating group) is 1. The number of hydrogen-bond acceptors (Lipinski definition) is 3. The number of halogens is 1. The molecular weight excluding hydrogens is 357 g/mol. The maximum atomic E-state index is 13.2. The van der Waals surface area contributed by atoms with Gasteiger partial charge in [0.05, 0.1) is 18.0 Å². The number of nitrogens with one attached hydrogen (secondary N) is 2. The van der Waals surface area contributed by atoms with E-state index in [0.29, 0.717) is 6.54 Å². The number of primary sulfonamides is 1. The maximum Gasteiger partial charge on any atom is 0.275 e. The molecule has 1 unspecified atom stereocenters. The van der Waals surface area contributed by atoms with Crippen molar-refractivity contribution in [2.45, 2.75) is 24.4 Å². The first-order valence-corrected chi connectivity index (χ1v) is 9.67. The quantitative estimate of drug-likeness (QED) is 0.648. The van der Waals surface area contributed by atoms with Gasteiger partial charge in [0.15, 0.2) is 6.54 Å². The van der Waals surface area contributed by atoms with Crippen LogP contribution in [0, 0.1) is 5.82 Å². The number of carbonyl (C=O) groups excluding carboxylic acids is 1.